The highest BCUT2D eigenvalue weighted by atomic mass is 32.1. The van der Waals surface area contributed by atoms with Crippen LogP contribution in [0.2, 0.25) is 0 Å². The zero-order valence-electron chi connectivity index (χ0n) is 12.1. The molecule has 21 heavy (non-hydrogen) atoms. The number of aryl methyl sites for hydroxylation is 1. The Morgan fingerprint density at radius 2 is 1.76 bits per heavy atom. The molecule has 0 aromatic heterocycles. The number of benzene rings is 1. The summed E-state index contributed by atoms with van der Waals surface area (Å²) in [6.07, 6.45) is 1.26. The molecule has 6 nitrogen and oxygen atoms in total. The van der Waals surface area contributed by atoms with Crippen molar-refractivity contribution in [1.82, 2.24) is 16.2 Å². The second kappa shape index (κ2) is 8.91. The van der Waals surface area contributed by atoms with Crippen LogP contribution in [-0.2, 0) is 16.0 Å². The van der Waals surface area contributed by atoms with Crippen molar-refractivity contribution in [2.75, 3.05) is 6.61 Å². The Hall–Kier alpha value is -2.15. The SMILES string of the molecule is CCC(=O)NC(=S)NNC(=O)COc1ccc(CC)cc1. The van der Waals surface area contributed by atoms with Gasteiger partial charge in [0.25, 0.3) is 5.91 Å². The predicted octanol–water partition coefficient (Wildman–Crippen LogP) is 1.06. The van der Waals surface area contributed by atoms with Crippen molar-refractivity contribution in [3.8, 4) is 5.75 Å². The molecule has 0 unspecified atom stereocenters. The van der Waals surface area contributed by atoms with Crippen molar-refractivity contribution in [1.29, 1.82) is 0 Å². The van der Waals surface area contributed by atoms with E-state index < -0.39 is 5.91 Å². The van der Waals surface area contributed by atoms with Crippen LogP contribution >= 0.6 is 12.2 Å². The maximum Gasteiger partial charge on any atom is 0.276 e. The first-order valence-electron chi connectivity index (χ1n) is 6.65. The van der Waals surface area contributed by atoms with E-state index in [-0.39, 0.29) is 17.6 Å². The van der Waals surface area contributed by atoms with E-state index in [1.54, 1.807) is 6.92 Å². The average Bonchev–Trinajstić information content (AvgIpc) is 2.51. The first kappa shape index (κ1) is 16.9. The third-order valence-electron chi connectivity index (χ3n) is 2.59. The lowest BCUT2D eigenvalue weighted by Crippen LogP contribution is -2.49. The van der Waals surface area contributed by atoms with Crippen molar-refractivity contribution in [2.45, 2.75) is 26.7 Å². The van der Waals surface area contributed by atoms with Crippen molar-refractivity contribution < 1.29 is 14.3 Å². The standard InChI is InChI=1S/C14H19N3O3S/c1-3-10-5-7-11(8-6-10)20-9-13(19)16-17-14(21)15-12(18)4-2/h5-8H,3-4,9H2,1-2H3,(H,16,19)(H2,15,17,18,21). The van der Waals surface area contributed by atoms with Crippen LogP contribution in [0, 0.1) is 0 Å². The summed E-state index contributed by atoms with van der Waals surface area (Å²) in [4.78, 5) is 22.6. The number of hydrogen-bond donors (Lipinski definition) is 3. The molecule has 1 aromatic carbocycles. The lowest BCUT2D eigenvalue weighted by Gasteiger charge is -2.11. The van der Waals surface area contributed by atoms with Crippen molar-refractivity contribution in [2.24, 2.45) is 0 Å². The fraction of sp³-hybridized carbons (Fsp3) is 0.357. The summed E-state index contributed by atoms with van der Waals surface area (Å²) in [5, 5.41) is 2.44. The molecule has 7 heteroatoms. The molecule has 0 fully saturated rings. The zero-order chi connectivity index (χ0) is 15.7. The molecule has 0 heterocycles. The maximum absolute atomic E-state index is 11.5. The van der Waals surface area contributed by atoms with E-state index in [0.717, 1.165) is 6.42 Å². The van der Waals surface area contributed by atoms with Crippen LogP contribution in [0.1, 0.15) is 25.8 Å². The Kier molecular flexibility index (Phi) is 7.17. The van der Waals surface area contributed by atoms with Crippen LogP contribution in [0.15, 0.2) is 24.3 Å². The molecule has 0 saturated carbocycles. The summed E-state index contributed by atoms with van der Waals surface area (Å²) in [6.45, 7) is 3.62. The minimum absolute atomic E-state index is 0.0440. The molecule has 0 radical (unpaired) electrons. The molecule has 0 spiro atoms. The Balaban J connectivity index is 2.27. The molecule has 1 rings (SSSR count). The highest BCUT2D eigenvalue weighted by Gasteiger charge is 2.05. The Bertz CT molecular complexity index is 503. The molecule has 0 aliphatic rings. The van der Waals surface area contributed by atoms with Crippen LogP contribution in [0.4, 0.5) is 0 Å². The van der Waals surface area contributed by atoms with E-state index in [4.69, 9.17) is 17.0 Å². The van der Waals surface area contributed by atoms with E-state index in [9.17, 15) is 9.59 Å². The van der Waals surface area contributed by atoms with Gasteiger partial charge in [-0.05, 0) is 36.3 Å². The highest BCUT2D eigenvalue weighted by Crippen LogP contribution is 2.12. The van der Waals surface area contributed by atoms with Gasteiger partial charge in [-0.1, -0.05) is 26.0 Å². The van der Waals surface area contributed by atoms with E-state index in [1.165, 1.54) is 5.56 Å². The topological polar surface area (TPSA) is 79.5 Å². The van der Waals surface area contributed by atoms with Crippen LogP contribution in [0.25, 0.3) is 0 Å². The summed E-state index contributed by atoms with van der Waals surface area (Å²) in [5.41, 5.74) is 5.96. The van der Waals surface area contributed by atoms with Crippen molar-refractivity contribution >= 4 is 29.1 Å². The van der Waals surface area contributed by atoms with Gasteiger partial charge in [-0.25, -0.2) is 0 Å². The largest absolute Gasteiger partial charge is 0.484 e. The monoisotopic (exact) mass is 309 g/mol. The summed E-state index contributed by atoms with van der Waals surface area (Å²) < 4.78 is 5.32. The average molecular weight is 309 g/mol. The number of carbonyl (C=O) groups is 2. The van der Waals surface area contributed by atoms with E-state index in [1.807, 2.05) is 24.3 Å². The molecule has 0 atom stereocenters. The number of rotatable bonds is 5. The van der Waals surface area contributed by atoms with E-state index >= 15 is 0 Å². The number of hydrogen-bond acceptors (Lipinski definition) is 4. The molecular weight excluding hydrogens is 290 g/mol. The van der Waals surface area contributed by atoms with Gasteiger partial charge in [0.15, 0.2) is 11.7 Å². The van der Waals surface area contributed by atoms with Crippen LogP contribution in [-0.4, -0.2) is 23.5 Å². The third kappa shape index (κ3) is 6.71. The van der Waals surface area contributed by atoms with Gasteiger partial charge < -0.3 is 10.1 Å². The minimum Gasteiger partial charge on any atom is -0.484 e. The van der Waals surface area contributed by atoms with Crippen LogP contribution in [0.5, 0.6) is 5.75 Å². The second-order valence-electron chi connectivity index (χ2n) is 4.19. The van der Waals surface area contributed by atoms with Gasteiger partial charge in [-0.2, -0.15) is 0 Å². The van der Waals surface area contributed by atoms with Crippen molar-refractivity contribution in [3.63, 3.8) is 0 Å². The molecule has 2 amide bonds. The zero-order valence-corrected chi connectivity index (χ0v) is 12.9. The Morgan fingerprint density at radius 3 is 2.33 bits per heavy atom. The summed E-state index contributed by atoms with van der Waals surface area (Å²) in [7, 11) is 0. The van der Waals surface area contributed by atoms with Gasteiger partial charge in [0, 0.05) is 6.42 Å². The van der Waals surface area contributed by atoms with Crippen LogP contribution < -0.4 is 20.9 Å². The maximum atomic E-state index is 11.5. The van der Waals surface area contributed by atoms with Crippen molar-refractivity contribution in [3.05, 3.63) is 29.8 Å². The lowest BCUT2D eigenvalue weighted by atomic mass is 10.2. The molecule has 0 aliphatic carbocycles. The summed E-state index contributed by atoms with van der Waals surface area (Å²) in [5.74, 6) is -0.0131. The summed E-state index contributed by atoms with van der Waals surface area (Å²) in [6, 6.07) is 7.51. The number of nitrogens with one attached hydrogen (secondary N) is 3. The summed E-state index contributed by atoms with van der Waals surface area (Å²) >= 11 is 4.82. The Morgan fingerprint density at radius 1 is 1.10 bits per heavy atom. The highest BCUT2D eigenvalue weighted by molar-refractivity contribution is 7.80. The second-order valence-corrected chi connectivity index (χ2v) is 4.60. The number of ether oxygens (including phenoxy) is 1. The molecule has 114 valence electrons. The predicted molar refractivity (Wildman–Crippen MR) is 83.6 cm³/mol. The fourth-order valence-electron chi connectivity index (χ4n) is 1.38. The molecule has 0 aliphatic heterocycles. The normalized spacial score (nSPS) is 9.62. The molecule has 3 N–H and O–H groups in total. The quantitative estimate of drug-likeness (QED) is 0.560. The van der Waals surface area contributed by atoms with E-state index in [0.29, 0.717) is 12.2 Å². The third-order valence-corrected chi connectivity index (χ3v) is 2.80. The lowest BCUT2D eigenvalue weighted by molar-refractivity contribution is -0.124. The van der Waals surface area contributed by atoms with Gasteiger partial charge in [-0.3, -0.25) is 20.4 Å². The number of hydrazine groups is 1. The van der Waals surface area contributed by atoms with Gasteiger partial charge in [0.2, 0.25) is 5.91 Å². The molecule has 1 aromatic rings. The molecular formula is C14H19N3O3S. The fourth-order valence-corrected chi connectivity index (χ4v) is 1.54. The molecule has 0 bridgehead atoms. The first-order valence-corrected chi connectivity index (χ1v) is 7.06. The first-order chi connectivity index (χ1) is 10.0. The van der Waals surface area contributed by atoms with E-state index in [2.05, 4.69) is 23.1 Å². The number of thiocarbonyl (C=S) groups is 1. The van der Waals surface area contributed by atoms with Gasteiger partial charge in [0.1, 0.15) is 5.75 Å². The van der Waals surface area contributed by atoms with Gasteiger partial charge in [0.05, 0.1) is 0 Å². The van der Waals surface area contributed by atoms with Crippen LogP contribution in [0.3, 0.4) is 0 Å². The number of amides is 2. The number of carbonyl (C=O) groups excluding carboxylic acids is 2. The smallest absolute Gasteiger partial charge is 0.276 e. The minimum atomic E-state index is -0.400. The van der Waals surface area contributed by atoms with Gasteiger partial charge in [-0.15, -0.1) is 0 Å². The Labute approximate surface area is 129 Å². The van der Waals surface area contributed by atoms with Gasteiger partial charge >= 0.3 is 0 Å². The molecule has 0 saturated heterocycles.